The number of rotatable bonds is 5. The van der Waals surface area contributed by atoms with Crippen molar-refractivity contribution < 1.29 is 0 Å². The highest BCUT2D eigenvalue weighted by atomic mass is 14.9. The molecule has 0 radical (unpaired) electrons. The van der Waals surface area contributed by atoms with Gasteiger partial charge in [-0.25, -0.2) is 0 Å². The first kappa shape index (κ1) is 15.0. The van der Waals surface area contributed by atoms with Gasteiger partial charge in [0.1, 0.15) is 0 Å². The van der Waals surface area contributed by atoms with E-state index < -0.39 is 0 Å². The predicted molar refractivity (Wildman–Crippen MR) is 70.2 cm³/mol. The Morgan fingerprint density at radius 2 is 1.53 bits per heavy atom. The van der Waals surface area contributed by atoms with Crippen LogP contribution in [-0.2, 0) is 0 Å². The second kappa shape index (κ2) is 5.89. The maximum atomic E-state index is 3.72. The molecular formula is C14H31N. The van der Waals surface area contributed by atoms with E-state index in [1.165, 1.54) is 19.3 Å². The van der Waals surface area contributed by atoms with Gasteiger partial charge in [-0.05, 0) is 30.2 Å². The standard InChI is InChI=1S/C14H31N/c1-8-9-10-15-12(14(5,6)7)11-13(2,3)4/h12,15H,8-11H2,1-7H3. The molecule has 0 spiro atoms. The maximum Gasteiger partial charge on any atom is 0.0121 e. The zero-order valence-corrected chi connectivity index (χ0v) is 11.9. The quantitative estimate of drug-likeness (QED) is 0.674. The monoisotopic (exact) mass is 213 g/mol. The molecule has 0 aliphatic carbocycles. The van der Waals surface area contributed by atoms with Gasteiger partial charge in [-0.2, -0.15) is 0 Å². The molecule has 0 aromatic carbocycles. The summed E-state index contributed by atoms with van der Waals surface area (Å²) < 4.78 is 0. The molecule has 0 amide bonds. The van der Waals surface area contributed by atoms with Gasteiger partial charge in [-0.3, -0.25) is 0 Å². The van der Waals surface area contributed by atoms with Crippen LogP contribution >= 0.6 is 0 Å². The molecule has 15 heavy (non-hydrogen) atoms. The minimum absolute atomic E-state index is 0.362. The molecule has 0 saturated heterocycles. The topological polar surface area (TPSA) is 12.0 Å². The second-order valence-corrected chi connectivity index (χ2v) is 6.99. The Morgan fingerprint density at radius 3 is 1.87 bits per heavy atom. The van der Waals surface area contributed by atoms with Gasteiger partial charge in [0.2, 0.25) is 0 Å². The summed E-state index contributed by atoms with van der Waals surface area (Å²) in [4.78, 5) is 0. The van der Waals surface area contributed by atoms with Gasteiger partial charge in [0.15, 0.2) is 0 Å². The van der Waals surface area contributed by atoms with Gasteiger partial charge in [-0.15, -0.1) is 0 Å². The third kappa shape index (κ3) is 7.84. The largest absolute Gasteiger partial charge is 0.313 e. The lowest BCUT2D eigenvalue weighted by molar-refractivity contribution is 0.194. The van der Waals surface area contributed by atoms with E-state index in [0.29, 0.717) is 16.9 Å². The number of hydrogen-bond donors (Lipinski definition) is 1. The molecule has 0 aliphatic rings. The molecule has 0 fully saturated rings. The van der Waals surface area contributed by atoms with Crippen LogP contribution in [0, 0.1) is 10.8 Å². The summed E-state index contributed by atoms with van der Waals surface area (Å²) >= 11 is 0. The molecule has 0 aromatic heterocycles. The summed E-state index contributed by atoms with van der Waals surface area (Å²) in [7, 11) is 0. The maximum absolute atomic E-state index is 3.72. The van der Waals surface area contributed by atoms with Crippen molar-refractivity contribution in [1.82, 2.24) is 5.32 Å². The summed E-state index contributed by atoms with van der Waals surface area (Å²) in [5, 5.41) is 3.72. The predicted octanol–water partition coefficient (Wildman–Crippen LogP) is 4.23. The Labute approximate surface area is 97.0 Å². The fourth-order valence-corrected chi connectivity index (χ4v) is 1.75. The van der Waals surface area contributed by atoms with Crippen molar-refractivity contribution in [2.45, 2.75) is 73.8 Å². The van der Waals surface area contributed by atoms with E-state index in [1.54, 1.807) is 0 Å². The Hall–Kier alpha value is -0.0400. The van der Waals surface area contributed by atoms with E-state index >= 15 is 0 Å². The molecule has 0 aromatic rings. The van der Waals surface area contributed by atoms with Gasteiger partial charge < -0.3 is 5.32 Å². The number of unbranched alkanes of at least 4 members (excludes halogenated alkanes) is 1. The first-order valence-electron chi connectivity index (χ1n) is 6.40. The van der Waals surface area contributed by atoms with E-state index in [1.807, 2.05) is 0 Å². The van der Waals surface area contributed by atoms with Crippen molar-refractivity contribution in [2.75, 3.05) is 6.54 Å². The fraction of sp³-hybridized carbons (Fsp3) is 1.00. The molecular weight excluding hydrogens is 182 g/mol. The summed E-state index contributed by atoms with van der Waals surface area (Å²) in [5.41, 5.74) is 0.776. The highest BCUT2D eigenvalue weighted by Gasteiger charge is 2.28. The summed E-state index contributed by atoms with van der Waals surface area (Å²) in [6, 6.07) is 0.629. The lowest BCUT2D eigenvalue weighted by Gasteiger charge is -2.36. The summed E-state index contributed by atoms with van der Waals surface area (Å²) in [6.45, 7) is 17.4. The van der Waals surface area contributed by atoms with Crippen molar-refractivity contribution in [3.05, 3.63) is 0 Å². The Kier molecular flexibility index (Phi) is 5.87. The molecule has 0 aliphatic heterocycles. The van der Waals surface area contributed by atoms with Gasteiger partial charge in [0.25, 0.3) is 0 Å². The zero-order valence-electron chi connectivity index (χ0n) is 11.9. The van der Waals surface area contributed by atoms with Crippen molar-refractivity contribution in [1.29, 1.82) is 0 Å². The Balaban J connectivity index is 4.21. The first-order chi connectivity index (χ1) is 6.67. The summed E-state index contributed by atoms with van der Waals surface area (Å²) in [6.07, 6.45) is 3.82. The molecule has 1 N–H and O–H groups in total. The van der Waals surface area contributed by atoms with Crippen LogP contribution in [0.25, 0.3) is 0 Å². The zero-order chi connectivity index (χ0) is 12.1. The minimum Gasteiger partial charge on any atom is -0.313 e. The molecule has 1 heteroatoms. The normalized spacial score (nSPS) is 15.4. The van der Waals surface area contributed by atoms with Crippen LogP contribution in [0.5, 0.6) is 0 Å². The van der Waals surface area contributed by atoms with E-state index in [0.717, 1.165) is 6.54 Å². The van der Waals surface area contributed by atoms with Gasteiger partial charge >= 0.3 is 0 Å². The van der Waals surface area contributed by atoms with Crippen LogP contribution in [-0.4, -0.2) is 12.6 Å². The van der Waals surface area contributed by atoms with E-state index in [-0.39, 0.29) is 0 Å². The Bertz CT molecular complexity index is 159. The second-order valence-electron chi connectivity index (χ2n) is 6.99. The fourth-order valence-electron chi connectivity index (χ4n) is 1.75. The highest BCUT2D eigenvalue weighted by molar-refractivity contribution is 4.84. The van der Waals surface area contributed by atoms with Crippen molar-refractivity contribution in [2.24, 2.45) is 10.8 Å². The summed E-state index contributed by atoms with van der Waals surface area (Å²) in [5.74, 6) is 0. The van der Waals surface area contributed by atoms with Crippen molar-refractivity contribution in [3.8, 4) is 0 Å². The molecule has 0 saturated carbocycles. The van der Waals surface area contributed by atoms with E-state index in [4.69, 9.17) is 0 Å². The van der Waals surface area contributed by atoms with Crippen LogP contribution in [0.4, 0.5) is 0 Å². The van der Waals surface area contributed by atoms with E-state index in [2.05, 4.69) is 53.8 Å². The van der Waals surface area contributed by atoms with Crippen LogP contribution in [0.2, 0.25) is 0 Å². The molecule has 1 nitrogen and oxygen atoms in total. The van der Waals surface area contributed by atoms with E-state index in [9.17, 15) is 0 Å². The third-order valence-corrected chi connectivity index (χ3v) is 2.78. The van der Waals surface area contributed by atoms with Gasteiger partial charge in [-0.1, -0.05) is 54.9 Å². The molecule has 0 rings (SSSR count). The van der Waals surface area contributed by atoms with Crippen LogP contribution in [0.15, 0.2) is 0 Å². The lowest BCUT2D eigenvalue weighted by atomic mass is 9.77. The number of nitrogens with one attached hydrogen (secondary N) is 1. The number of hydrogen-bond acceptors (Lipinski definition) is 1. The SMILES string of the molecule is CCCCNC(CC(C)(C)C)C(C)(C)C. The average Bonchev–Trinajstić information content (AvgIpc) is 1.99. The first-order valence-corrected chi connectivity index (χ1v) is 6.40. The van der Waals surface area contributed by atoms with Crippen LogP contribution in [0.1, 0.15) is 67.7 Å². The lowest BCUT2D eigenvalue weighted by Crippen LogP contribution is -2.43. The molecule has 92 valence electrons. The molecule has 0 heterocycles. The Morgan fingerprint density at radius 1 is 1.00 bits per heavy atom. The van der Waals surface area contributed by atoms with Crippen molar-refractivity contribution in [3.63, 3.8) is 0 Å². The van der Waals surface area contributed by atoms with Gasteiger partial charge in [0, 0.05) is 6.04 Å². The van der Waals surface area contributed by atoms with Crippen LogP contribution < -0.4 is 5.32 Å². The highest BCUT2D eigenvalue weighted by Crippen LogP contribution is 2.30. The average molecular weight is 213 g/mol. The minimum atomic E-state index is 0.362. The third-order valence-electron chi connectivity index (χ3n) is 2.78. The molecule has 1 atom stereocenters. The van der Waals surface area contributed by atoms with Crippen LogP contribution in [0.3, 0.4) is 0 Å². The molecule has 0 bridgehead atoms. The van der Waals surface area contributed by atoms with Crippen molar-refractivity contribution >= 4 is 0 Å². The molecule has 1 unspecified atom stereocenters. The smallest absolute Gasteiger partial charge is 0.0121 e. The van der Waals surface area contributed by atoms with Gasteiger partial charge in [0.05, 0.1) is 0 Å².